The highest BCUT2D eigenvalue weighted by molar-refractivity contribution is 5.75. The van der Waals surface area contributed by atoms with Gasteiger partial charge in [0.1, 0.15) is 0 Å². The molecule has 1 heterocycles. The summed E-state index contributed by atoms with van der Waals surface area (Å²) in [5, 5.41) is 11.3. The van der Waals surface area contributed by atoms with Gasteiger partial charge in [-0.25, -0.2) is 4.79 Å². The predicted molar refractivity (Wildman–Crippen MR) is 88.2 cm³/mol. The van der Waals surface area contributed by atoms with Gasteiger partial charge in [-0.1, -0.05) is 30.3 Å². The largest absolute Gasteiger partial charge is 0.481 e. The van der Waals surface area contributed by atoms with Gasteiger partial charge in [0.05, 0.1) is 6.42 Å². The second kappa shape index (κ2) is 7.46. The van der Waals surface area contributed by atoms with Crippen LogP contribution >= 0.6 is 0 Å². The molecule has 6 heteroatoms. The van der Waals surface area contributed by atoms with Crippen molar-refractivity contribution in [3.05, 3.63) is 35.9 Å². The zero-order chi connectivity index (χ0) is 16.9. The molecular formula is C17H25N3O3. The first kappa shape index (κ1) is 17.3. The third-order valence-electron chi connectivity index (χ3n) is 4.19. The molecule has 0 atom stereocenters. The lowest BCUT2D eigenvalue weighted by atomic mass is 9.98. The van der Waals surface area contributed by atoms with Gasteiger partial charge in [0.15, 0.2) is 0 Å². The fraction of sp³-hybridized carbons (Fsp3) is 0.529. The predicted octanol–water partition coefficient (Wildman–Crippen LogP) is 1.77. The SMILES string of the molecule is CC1(C)CN(C(=O)NCCC(=O)O)CCN1Cc1ccccc1. The Morgan fingerprint density at radius 1 is 1.22 bits per heavy atom. The number of urea groups is 1. The van der Waals surface area contributed by atoms with Crippen LogP contribution in [-0.4, -0.2) is 58.6 Å². The van der Waals surface area contributed by atoms with Crippen molar-refractivity contribution >= 4 is 12.0 Å². The minimum atomic E-state index is -0.904. The number of carboxylic acid groups (broad SMARTS) is 1. The Bertz CT molecular complexity index is 545. The van der Waals surface area contributed by atoms with Crippen molar-refractivity contribution in [1.82, 2.24) is 15.1 Å². The number of hydrogen-bond acceptors (Lipinski definition) is 3. The lowest BCUT2D eigenvalue weighted by Gasteiger charge is -2.47. The van der Waals surface area contributed by atoms with Crippen molar-refractivity contribution in [3.8, 4) is 0 Å². The summed E-state index contributed by atoms with van der Waals surface area (Å²) in [6.07, 6.45) is -0.0525. The molecule has 1 aliphatic rings. The smallest absolute Gasteiger partial charge is 0.317 e. The molecule has 2 rings (SSSR count). The monoisotopic (exact) mass is 319 g/mol. The number of carboxylic acids is 1. The Morgan fingerprint density at radius 3 is 2.52 bits per heavy atom. The van der Waals surface area contributed by atoms with Crippen LogP contribution in [0.2, 0.25) is 0 Å². The van der Waals surface area contributed by atoms with Crippen LogP contribution in [-0.2, 0) is 11.3 Å². The number of piperazine rings is 1. The van der Waals surface area contributed by atoms with Gasteiger partial charge in [-0.2, -0.15) is 0 Å². The molecule has 1 aliphatic heterocycles. The minimum Gasteiger partial charge on any atom is -0.481 e. The van der Waals surface area contributed by atoms with E-state index in [1.165, 1.54) is 5.56 Å². The molecule has 2 amide bonds. The molecule has 0 saturated carbocycles. The first-order valence-corrected chi connectivity index (χ1v) is 7.92. The molecule has 23 heavy (non-hydrogen) atoms. The van der Waals surface area contributed by atoms with Crippen LogP contribution in [0.1, 0.15) is 25.8 Å². The summed E-state index contributed by atoms with van der Waals surface area (Å²) in [7, 11) is 0. The van der Waals surface area contributed by atoms with E-state index in [1.807, 2.05) is 18.2 Å². The Labute approximate surface area is 137 Å². The lowest BCUT2D eigenvalue weighted by Crippen LogP contribution is -2.61. The number of hydrogen-bond donors (Lipinski definition) is 2. The molecule has 1 saturated heterocycles. The van der Waals surface area contributed by atoms with Gasteiger partial charge in [0.25, 0.3) is 0 Å². The highest BCUT2D eigenvalue weighted by Gasteiger charge is 2.35. The van der Waals surface area contributed by atoms with Crippen molar-refractivity contribution in [2.24, 2.45) is 0 Å². The molecule has 0 unspecified atom stereocenters. The minimum absolute atomic E-state index is 0.0525. The summed E-state index contributed by atoms with van der Waals surface area (Å²) >= 11 is 0. The standard InChI is InChI=1S/C17H25N3O3/c1-17(2)13-19(16(23)18-9-8-15(21)22)10-11-20(17)12-14-6-4-3-5-7-14/h3-7H,8-13H2,1-2H3,(H,18,23)(H,21,22). The number of rotatable bonds is 5. The molecule has 1 aromatic rings. The molecule has 1 aromatic carbocycles. The van der Waals surface area contributed by atoms with Crippen LogP contribution in [0.25, 0.3) is 0 Å². The molecule has 0 radical (unpaired) electrons. The summed E-state index contributed by atoms with van der Waals surface area (Å²) in [5.74, 6) is -0.904. The molecule has 0 aliphatic carbocycles. The van der Waals surface area contributed by atoms with Gasteiger partial charge in [-0.05, 0) is 19.4 Å². The molecule has 126 valence electrons. The quantitative estimate of drug-likeness (QED) is 0.867. The van der Waals surface area contributed by atoms with Gasteiger partial charge in [-0.3, -0.25) is 9.69 Å². The summed E-state index contributed by atoms with van der Waals surface area (Å²) in [4.78, 5) is 26.8. The van der Waals surface area contributed by atoms with E-state index < -0.39 is 5.97 Å². The summed E-state index contributed by atoms with van der Waals surface area (Å²) in [5.41, 5.74) is 1.14. The molecule has 1 fully saturated rings. The molecule has 0 bridgehead atoms. The Balaban J connectivity index is 1.89. The van der Waals surface area contributed by atoms with E-state index in [0.29, 0.717) is 13.1 Å². The zero-order valence-electron chi connectivity index (χ0n) is 13.8. The molecule has 6 nitrogen and oxygen atoms in total. The number of aliphatic carboxylic acids is 1. The fourth-order valence-corrected chi connectivity index (χ4v) is 2.85. The summed E-state index contributed by atoms with van der Waals surface area (Å²) < 4.78 is 0. The first-order chi connectivity index (χ1) is 10.9. The maximum Gasteiger partial charge on any atom is 0.317 e. The van der Waals surface area contributed by atoms with Crippen molar-refractivity contribution < 1.29 is 14.7 Å². The average Bonchev–Trinajstić information content (AvgIpc) is 2.49. The van der Waals surface area contributed by atoms with Crippen LogP contribution in [0.3, 0.4) is 0 Å². The van der Waals surface area contributed by atoms with Crippen LogP contribution in [0.5, 0.6) is 0 Å². The Kier molecular flexibility index (Phi) is 5.60. The van der Waals surface area contributed by atoms with E-state index in [1.54, 1.807) is 4.90 Å². The van der Waals surface area contributed by atoms with Gasteiger partial charge < -0.3 is 15.3 Å². The topological polar surface area (TPSA) is 72.9 Å². The van der Waals surface area contributed by atoms with Gasteiger partial charge in [0.2, 0.25) is 0 Å². The number of benzene rings is 1. The van der Waals surface area contributed by atoms with E-state index in [9.17, 15) is 9.59 Å². The van der Waals surface area contributed by atoms with E-state index in [0.717, 1.165) is 13.1 Å². The van der Waals surface area contributed by atoms with Crippen LogP contribution < -0.4 is 5.32 Å². The molecule has 2 N–H and O–H groups in total. The Hall–Kier alpha value is -2.08. The van der Waals surface area contributed by atoms with E-state index in [2.05, 4.69) is 36.2 Å². The molecular weight excluding hydrogens is 294 g/mol. The third-order valence-corrected chi connectivity index (χ3v) is 4.19. The van der Waals surface area contributed by atoms with E-state index in [-0.39, 0.29) is 24.5 Å². The maximum atomic E-state index is 12.1. The van der Waals surface area contributed by atoms with Gasteiger partial charge in [-0.15, -0.1) is 0 Å². The van der Waals surface area contributed by atoms with Gasteiger partial charge in [0, 0.05) is 38.3 Å². The second-order valence-corrected chi connectivity index (χ2v) is 6.52. The third kappa shape index (κ3) is 4.96. The van der Waals surface area contributed by atoms with E-state index >= 15 is 0 Å². The molecule has 0 spiro atoms. The maximum absolute atomic E-state index is 12.1. The lowest BCUT2D eigenvalue weighted by molar-refractivity contribution is -0.136. The number of nitrogens with zero attached hydrogens (tertiary/aromatic N) is 2. The number of carbonyl (C=O) groups is 2. The van der Waals surface area contributed by atoms with E-state index in [4.69, 9.17) is 5.11 Å². The molecule has 0 aromatic heterocycles. The summed E-state index contributed by atoms with van der Waals surface area (Å²) in [6.45, 7) is 7.36. The van der Waals surface area contributed by atoms with Crippen LogP contribution in [0, 0.1) is 0 Å². The van der Waals surface area contributed by atoms with Gasteiger partial charge >= 0.3 is 12.0 Å². The number of nitrogens with one attached hydrogen (secondary N) is 1. The van der Waals surface area contributed by atoms with Crippen LogP contribution in [0.15, 0.2) is 30.3 Å². The van der Waals surface area contributed by atoms with Crippen molar-refractivity contribution in [1.29, 1.82) is 0 Å². The van der Waals surface area contributed by atoms with Crippen LogP contribution in [0.4, 0.5) is 4.79 Å². The highest BCUT2D eigenvalue weighted by atomic mass is 16.4. The average molecular weight is 319 g/mol. The zero-order valence-corrected chi connectivity index (χ0v) is 13.8. The highest BCUT2D eigenvalue weighted by Crippen LogP contribution is 2.23. The van der Waals surface area contributed by atoms with Crippen molar-refractivity contribution in [2.75, 3.05) is 26.2 Å². The Morgan fingerprint density at radius 2 is 1.91 bits per heavy atom. The first-order valence-electron chi connectivity index (χ1n) is 7.92. The normalized spacial score (nSPS) is 17.7. The number of carbonyl (C=O) groups excluding carboxylic acids is 1. The van der Waals surface area contributed by atoms with Crippen molar-refractivity contribution in [3.63, 3.8) is 0 Å². The fourth-order valence-electron chi connectivity index (χ4n) is 2.85. The second-order valence-electron chi connectivity index (χ2n) is 6.52. The summed E-state index contributed by atoms with van der Waals surface area (Å²) in [6, 6.07) is 10.1. The van der Waals surface area contributed by atoms with Crippen molar-refractivity contribution in [2.45, 2.75) is 32.4 Å². The number of amides is 2.